The third-order valence-corrected chi connectivity index (χ3v) is 4.79. The fourth-order valence-corrected chi connectivity index (χ4v) is 3.32. The lowest BCUT2D eigenvalue weighted by Gasteiger charge is -2.09. The first-order valence-corrected chi connectivity index (χ1v) is 8.52. The van der Waals surface area contributed by atoms with Crippen LogP contribution in [0, 0.1) is 12.1 Å². The summed E-state index contributed by atoms with van der Waals surface area (Å²) in [6.45, 7) is 1.85. The molecule has 3 heterocycles. The highest BCUT2D eigenvalue weighted by Crippen LogP contribution is 2.33. The molecule has 3 rings (SSSR count). The fourth-order valence-electron chi connectivity index (χ4n) is 1.89. The number of aromatic nitrogens is 2. The van der Waals surface area contributed by atoms with Gasteiger partial charge in [-0.2, -0.15) is 22.7 Å². The minimum absolute atomic E-state index is 0.153. The minimum Gasteiger partial charge on any atom is -0.245 e. The average Bonchev–Trinajstić information content (AvgIpc) is 3.15. The lowest BCUT2D eigenvalue weighted by atomic mass is 10.2. The van der Waals surface area contributed by atoms with Gasteiger partial charge in [0, 0.05) is 4.88 Å². The maximum Gasteiger partial charge on any atom is 0.433 e. The number of hydrazone groups is 1. The Morgan fingerprint density at radius 3 is 2.52 bits per heavy atom. The Bertz CT molecular complexity index is 914. The van der Waals surface area contributed by atoms with Crippen LogP contribution in [0.25, 0.3) is 10.6 Å². The summed E-state index contributed by atoms with van der Waals surface area (Å²) in [5.74, 6) is -0.288. The molecule has 0 unspecified atom stereocenters. The molecule has 4 nitrogen and oxygen atoms in total. The molecule has 0 aliphatic carbocycles. The van der Waals surface area contributed by atoms with Crippen LogP contribution in [0.2, 0.25) is 0 Å². The van der Waals surface area contributed by atoms with Gasteiger partial charge in [-0.1, -0.05) is 0 Å². The summed E-state index contributed by atoms with van der Waals surface area (Å²) in [6, 6.07) is 7.16. The van der Waals surface area contributed by atoms with E-state index in [-0.39, 0.29) is 16.8 Å². The standard InChI is InChI=1S/C15H10F4N4S2/c1-8-2-4-11(24-8)10-6-12(15(17,18)19)22-14(21-10)23-20-7-9-3-5-13(16)25-9/h2-7H,1H3,(H,21,22,23)/b20-7+. The van der Waals surface area contributed by atoms with Crippen LogP contribution in [0.3, 0.4) is 0 Å². The third-order valence-electron chi connectivity index (χ3n) is 2.96. The predicted octanol–water partition coefficient (Wildman–Crippen LogP) is 5.18. The number of halogens is 4. The molecule has 25 heavy (non-hydrogen) atoms. The highest BCUT2D eigenvalue weighted by molar-refractivity contribution is 7.15. The van der Waals surface area contributed by atoms with Crippen LogP contribution in [-0.2, 0) is 6.18 Å². The first-order chi connectivity index (χ1) is 11.8. The van der Waals surface area contributed by atoms with Gasteiger partial charge in [0.2, 0.25) is 5.95 Å². The Morgan fingerprint density at radius 2 is 1.92 bits per heavy atom. The number of alkyl halides is 3. The van der Waals surface area contributed by atoms with Crippen LogP contribution < -0.4 is 5.43 Å². The maximum absolute atomic E-state index is 13.1. The number of hydrogen-bond acceptors (Lipinski definition) is 6. The average molecular weight is 386 g/mol. The van der Waals surface area contributed by atoms with E-state index in [0.717, 1.165) is 22.3 Å². The van der Waals surface area contributed by atoms with E-state index in [9.17, 15) is 17.6 Å². The minimum atomic E-state index is -4.61. The molecule has 0 spiro atoms. The molecule has 0 atom stereocenters. The first kappa shape index (κ1) is 17.5. The van der Waals surface area contributed by atoms with Crippen molar-refractivity contribution in [1.29, 1.82) is 0 Å². The van der Waals surface area contributed by atoms with Crippen LogP contribution >= 0.6 is 22.7 Å². The summed E-state index contributed by atoms with van der Waals surface area (Å²) >= 11 is 2.19. The number of thiophene rings is 2. The molecular formula is C15H10F4N4S2. The van der Waals surface area contributed by atoms with E-state index in [2.05, 4.69) is 20.5 Å². The van der Waals surface area contributed by atoms with E-state index >= 15 is 0 Å². The lowest BCUT2D eigenvalue weighted by Crippen LogP contribution is -2.11. The topological polar surface area (TPSA) is 50.2 Å². The van der Waals surface area contributed by atoms with Gasteiger partial charge in [0.15, 0.2) is 10.8 Å². The second-order valence-electron chi connectivity index (χ2n) is 4.88. The van der Waals surface area contributed by atoms with Gasteiger partial charge < -0.3 is 0 Å². The maximum atomic E-state index is 13.1. The zero-order valence-electron chi connectivity index (χ0n) is 12.6. The number of aryl methyl sites for hydroxylation is 1. The number of hydrogen-bond donors (Lipinski definition) is 1. The Morgan fingerprint density at radius 1 is 1.12 bits per heavy atom. The smallest absolute Gasteiger partial charge is 0.245 e. The third kappa shape index (κ3) is 4.40. The van der Waals surface area contributed by atoms with Gasteiger partial charge in [-0.3, -0.25) is 0 Å². The molecule has 130 valence electrons. The van der Waals surface area contributed by atoms with Crippen molar-refractivity contribution in [2.24, 2.45) is 5.10 Å². The zero-order valence-corrected chi connectivity index (χ0v) is 14.3. The number of rotatable bonds is 4. The molecule has 10 heteroatoms. The van der Waals surface area contributed by atoms with Crippen molar-refractivity contribution in [3.63, 3.8) is 0 Å². The van der Waals surface area contributed by atoms with Gasteiger partial charge in [-0.25, -0.2) is 15.4 Å². The van der Waals surface area contributed by atoms with Gasteiger partial charge in [0.1, 0.15) is 0 Å². The predicted molar refractivity (Wildman–Crippen MR) is 90.6 cm³/mol. The quantitative estimate of drug-likeness (QED) is 0.382. The van der Waals surface area contributed by atoms with Crippen molar-refractivity contribution >= 4 is 34.8 Å². The molecule has 0 bridgehead atoms. The first-order valence-electron chi connectivity index (χ1n) is 6.89. The van der Waals surface area contributed by atoms with Gasteiger partial charge >= 0.3 is 6.18 Å². The largest absolute Gasteiger partial charge is 0.433 e. The molecule has 0 aliphatic heterocycles. The molecule has 0 fully saturated rings. The van der Waals surface area contributed by atoms with E-state index in [0.29, 0.717) is 9.75 Å². The van der Waals surface area contributed by atoms with E-state index in [1.165, 1.54) is 29.7 Å². The van der Waals surface area contributed by atoms with E-state index in [1.54, 1.807) is 12.1 Å². The van der Waals surface area contributed by atoms with Gasteiger partial charge in [0.25, 0.3) is 0 Å². The van der Waals surface area contributed by atoms with Crippen molar-refractivity contribution in [1.82, 2.24) is 9.97 Å². The summed E-state index contributed by atoms with van der Waals surface area (Å²) in [6.07, 6.45) is -3.33. The van der Waals surface area contributed by atoms with Crippen LogP contribution in [0.4, 0.5) is 23.5 Å². The second kappa shape index (κ2) is 6.89. The molecule has 0 saturated heterocycles. The van der Waals surface area contributed by atoms with Crippen molar-refractivity contribution in [2.75, 3.05) is 5.43 Å². The SMILES string of the molecule is Cc1ccc(-c2cc(C(F)(F)F)nc(N/N=C/c3ccc(F)s3)n2)s1. The lowest BCUT2D eigenvalue weighted by molar-refractivity contribution is -0.141. The summed E-state index contributed by atoms with van der Waals surface area (Å²) in [4.78, 5) is 9.57. The molecule has 3 aromatic heterocycles. The molecule has 0 radical (unpaired) electrons. The van der Waals surface area contributed by atoms with Crippen LogP contribution in [-0.4, -0.2) is 16.2 Å². The molecule has 0 saturated carbocycles. The Hall–Kier alpha value is -2.33. The molecule has 1 N–H and O–H groups in total. The van der Waals surface area contributed by atoms with Crippen molar-refractivity contribution in [2.45, 2.75) is 13.1 Å². The highest BCUT2D eigenvalue weighted by Gasteiger charge is 2.34. The molecular weight excluding hydrogens is 376 g/mol. The van der Waals surface area contributed by atoms with Crippen LogP contribution in [0.1, 0.15) is 15.4 Å². The highest BCUT2D eigenvalue weighted by atomic mass is 32.1. The summed E-state index contributed by atoms with van der Waals surface area (Å²) in [7, 11) is 0. The van der Waals surface area contributed by atoms with Crippen LogP contribution in [0.5, 0.6) is 0 Å². The molecule has 3 aromatic rings. The normalized spacial score (nSPS) is 12.0. The Labute approximate surface area is 147 Å². The van der Waals surface area contributed by atoms with Gasteiger partial charge in [-0.05, 0) is 37.3 Å². The number of nitrogens with zero attached hydrogens (tertiary/aromatic N) is 3. The molecule has 0 amide bonds. The van der Waals surface area contributed by atoms with E-state index in [1.807, 2.05) is 6.92 Å². The Kier molecular flexibility index (Phi) is 4.82. The van der Waals surface area contributed by atoms with Crippen LogP contribution in [0.15, 0.2) is 35.4 Å². The molecule has 0 aromatic carbocycles. The Balaban J connectivity index is 1.90. The van der Waals surface area contributed by atoms with Crippen molar-refractivity contribution in [3.05, 3.63) is 50.9 Å². The van der Waals surface area contributed by atoms with Crippen molar-refractivity contribution < 1.29 is 17.6 Å². The monoisotopic (exact) mass is 386 g/mol. The summed E-state index contributed by atoms with van der Waals surface area (Å²) in [5, 5.41) is 3.39. The van der Waals surface area contributed by atoms with Crippen molar-refractivity contribution in [3.8, 4) is 10.6 Å². The summed E-state index contributed by atoms with van der Waals surface area (Å²) < 4.78 is 52.1. The summed E-state index contributed by atoms with van der Waals surface area (Å²) in [5.41, 5.74) is 1.45. The van der Waals surface area contributed by atoms with Gasteiger partial charge in [-0.15, -0.1) is 22.7 Å². The molecule has 0 aliphatic rings. The number of nitrogens with one attached hydrogen (secondary N) is 1. The van der Waals surface area contributed by atoms with E-state index in [4.69, 9.17) is 0 Å². The number of anilines is 1. The zero-order chi connectivity index (χ0) is 18.0. The fraction of sp³-hybridized carbons (Fsp3) is 0.133. The van der Waals surface area contributed by atoms with Gasteiger partial charge in [0.05, 0.1) is 21.7 Å². The second-order valence-corrected chi connectivity index (χ2v) is 7.24. The van der Waals surface area contributed by atoms with E-state index < -0.39 is 11.9 Å².